The van der Waals surface area contributed by atoms with Crippen molar-refractivity contribution in [2.45, 2.75) is 26.0 Å². The summed E-state index contributed by atoms with van der Waals surface area (Å²) in [5.41, 5.74) is 1.32. The minimum atomic E-state index is -3.05. The van der Waals surface area contributed by atoms with Gasteiger partial charge in [0.15, 0.2) is 21.3 Å². The van der Waals surface area contributed by atoms with Gasteiger partial charge in [-0.1, -0.05) is 6.07 Å². The van der Waals surface area contributed by atoms with E-state index in [1.807, 2.05) is 19.1 Å². The molecule has 2 heterocycles. The highest BCUT2D eigenvalue weighted by atomic mass is 32.2. The molecule has 1 atom stereocenters. The zero-order valence-electron chi connectivity index (χ0n) is 15.1. The van der Waals surface area contributed by atoms with Crippen LogP contribution in [-0.4, -0.2) is 43.5 Å². The Morgan fingerprint density at radius 2 is 2.11 bits per heavy atom. The van der Waals surface area contributed by atoms with Crippen LogP contribution in [0.15, 0.2) is 42.7 Å². The van der Waals surface area contributed by atoms with Crippen LogP contribution in [-0.2, 0) is 16.4 Å². The molecule has 0 radical (unpaired) electrons. The minimum absolute atomic E-state index is 0.0106. The van der Waals surface area contributed by atoms with E-state index in [1.165, 1.54) is 0 Å². The highest BCUT2D eigenvalue weighted by molar-refractivity contribution is 7.91. The summed E-state index contributed by atoms with van der Waals surface area (Å²) in [5, 5.41) is 2.77. The van der Waals surface area contributed by atoms with Crippen LogP contribution in [0.1, 0.15) is 29.3 Å². The zero-order chi connectivity index (χ0) is 19.3. The van der Waals surface area contributed by atoms with Crippen molar-refractivity contribution in [1.82, 2.24) is 10.3 Å². The molecule has 0 aliphatic carbocycles. The number of nitrogens with zero attached hydrogens (tertiary/aromatic N) is 1. The molecule has 1 aliphatic heterocycles. The summed E-state index contributed by atoms with van der Waals surface area (Å²) in [4.78, 5) is 16.5. The summed E-state index contributed by atoms with van der Waals surface area (Å²) in [7, 11) is -3.05. The average molecular weight is 390 g/mol. The Hall–Kier alpha value is -2.61. The Kier molecular flexibility index (Phi) is 5.95. The molecule has 1 saturated heterocycles. The predicted octanol–water partition coefficient (Wildman–Crippen LogP) is 1.98. The zero-order valence-corrected chi connectivity index (χ0v) is 15.9. The topological polar surface area (TPSA) is 94.6 Å². The first-order chi connectivity index (χ1) is 13.0. The van der Waals surface area contributed by atoms with Crippen molar-refractivity contribution < 1.29 is 22.7 Å². The van der Waals surface area contributed by atoms with E-state index in [1.54, 1.807) is 30.6 Å². The molecule has 0 spiro atoms. The fourth-order valence-corrected chi connectivity index (χ4v) is 4.53. The Morgan fingerprint density at radius 1 is 1.26 bits per heavy atom. The normalized spacial score (nSPS) is 18.0. The van der Waals surface area contributed by atoms with E-state index in [0.29, 0.717) is 36.7 Å². The van der Waals surface area contributed by atoms with Crippen molar-refractivity contribution in [3.8, 4) is 11.5 Å². The number of aromatic nitrogens is 1. The average Bonchev–Trinajstić information content (AvgIpc) is 3.00. The third-order valence-corrected chi connectivity index (χ3v) is 5.96. The number of carbonyl (C=O) groups excluding carboxylic acids is 1. The standard InChI is InChI=1S/C19H22N2O5S/c1-2-25-18-10-15(19(22)21-16-7-9-27(23,24)13-16)5-6-17(18)26-12-14-4-3-8-20-11-14/h3-6,8,10-11,16H,2,7,9,12-13H2,1H3,(H,21,22)/t16-/m0/s1. The molecule has 0 saturated carbocycles. The second-order valence-electron chi connectivity index (χ2n) is 6.32. The van der Waals surface area contributed by atoms with Gasteiger partial charge in [0.2, 0.25) is 0 Å². The van der Waals surface area contributed by atoms with E-state index in [9.17, 15) is 13.2 Å². The summed E-state index contributed by atoms with van der Waals surface area (Å²) < 4.78 is 34.5. The fraction of sp³-hybridized carbons (Fsp3) is 0.368. The maximum atomic E-state index is 12.4. The van der Waals surface area contributed by atoms with Crippen LogP contribution in [0, 0.1) is 0 Å². The van der Waals surface area contributed by atoms with Gasteiger partial charge in [-0.25, -0.2) is 8.42 Å². The maximum absolute atomic E-state index is 12.4. The lowest BCUT2D eigenvalue weighted by Gasteiger charge is -2.15. The van der Waals surface area contributed by atoms with Crippen molar-refractivity contribution in [2.24, 2.45) is 0 Å². The van der Waals surface area contributed by atoms with Crippen LogP contribution in [0.5, 0.6) is 11.5 Å². The SMILES string of the molecule is CCOc1cc(C(=O)N[C@H]2CCS(=O)(=O)C2)ccc1OCc1cccnc1. The van der Waals surface area contributed by atoms with Crippen LogP contribution in [0.2, 0.25) is 0 Å². The monoisotopic (exact) mass is 390 g/mol. The number of nitrogens with one attached hydrogen (secondary N) is 1. The van der Waals surface area contributed by atoms with E-state index in [0.717, 1.165) is 5.56 Å². The molecular formula is C19H22N2O5S. The molecule has 0 unspecified atom stereocenters. The molecule has 27 heavy (non-hydrogen) atoms. The summed E-state index contributed by atoms with van der Waals surface area (Å²) in [5.74, 6) is 0.776. The second kappa shape index (κ2) is 8.39. The lowest BCUT2D eigenvalue weighted by Crippen LogP contribution is -2.35. The molecule has 7 nitrogen and oxygen atoms in total. The number of rotatable bonds is 7. The predicted molar refractivity (Wildman–Crippen MR) is 101 cm³/mol. The Bertz CT molecular complexity index is 900. The van der Waals surface area contributed by atoms with Crippen LogP contribution >= 0.6 is 0 Å². The number of pyridine rings is 1. The van der Waals surface area contributed by atoms with E-state index >= 15 is 0 Å². The molecular weight excluding hydrogens is 368 g/mol. The van der Waals surface area contributed by atoms with Gasteiger partial charge in [0.25, 0.3) is 5.91 Å². The first-order valence-electron chi connectivity index (χ1n) is 8.76. The molecule has 1 amide bonds. The lowest BCUT2D eigenvalue weighted by molar-refractivity contribution is 0.0940. The van der Waals surface area contributed by atoms with Crippen LogP contribution in [0.3, 0.4) is 0 Å². The van der Waals surface area contributed by atoms with E-state index < -0.39 is 9.84 Å². The third kappa shape index (κ3) is 5.19. The number of hydrogen-bond acceptors (Lipinski definition) is 6. The van der Waals surface area contributed by atoms with Gasteiger partial charge in [0.05, 0.1) is 18.1 Å². The Balaban J connectivity index is 1.69. The van der Waals surface area contributed by atoms with E-state index in [2.05, 4.69) is 10.3 Å². The number of sulfone groups is 1. The Labute approximate surface area is 158 Å². The molecule has 1 N–H and O–H groups in total. The number of amides is 1. The minimum Gasteiger partial charge on any atom is -0.490 e. The number of hydrogen-bond donors (Lipinski definition) is 1. The van der Waals surface area contributed by atoms with Gasteiger partial charge in [0, 0.05) is 29.6 Å². The first kappa shape index (κ1) is 19.2. The Morgan fingerprint density at radius 3 is 2.78 bits per heavy atom. The van der Waals surface area contributed by atoms with Crippen LogP contribution in [0.25, 0.3) is 0 Å². The van der Waals surface area contributed by atoms with Gasteiger partial charge < -0.3 is 14.8 Å². The second-order valence-corrected chi connectivity index (χ2v) is 8.55. The van der Waals surface area contributed by atoms with Gasteiger partial charge in [-0.15, -0.1) is 0 Å². The molecule has 0 bridgehead atoms. The maximum Gasteiger partial charge on any atom is 0.251 e. The number of carbonyl (C=O) groups is 1. The highest BCUT2D eigenvalue weighted by Crippen LogP contribution is 2.29. The third-order valence-electron chi connectivity index (χ3n) is 4.19. The highest BCUT2D eigenvalue weighted by Gasteiger charge is 2.29. The molecule has 1 aromatic heterocycles. The molecule has 144 valence electrons. The van der Waals surface area contributed by atoms with Crippen molar-refractivity contribution in [3.05, 3.63) is 53.9 Å². The van der Waals surface area contributed by atoms with Gasteiger partial charge in [-0.2, -0.15) is 0 Å². The summed E-state index contributed by atoms with van der Waals surface area (Å²) in [6.45, 7) is 2.61. The number of ether oxygens (including phenoxy) is 2. The fourth-order valence-electron chi connectivity index (χ4n) is 2.86. The van der Waals surface area contributed by atoms with Crippen molar-refractivity contribution in [1.29, 1.82) is 0 Å². The van der Waals surface area contributed by atoms with Crippen LogP contribution in [0.4, 0.5) is 0 Å². The smallest absolute Gasteiger partial charge is 0.251 e. The molecule has 2 aromatic rings. The summed E-state index contributed by atoms with van der Waals surface area (Å²) in [6, 6.07) is 8.33. The van der Waals surface area contributed by atoms with E-state index in [-0.39, 0.29) is 23.5 Å². The molecule has 3 rings (SSSR count). The number of benzene rings is 1. The molecule has 1 aliphatic rings. The summed E-state index contributed by atoms with van der Waals surface area (Å²) >= 11 is 0. The van der Waals surface area contributed by atoms with Gasteiger partial charge >= 0.3 is 0 Å². The molecule has 8 heteroatoms. The van der Waals surface area contributed by atoms with Crippen molar-refractivity contribution in [2.75, 3.05) is 18.1 Å². The lowest BCUT2D eigenvalue weighted by atomic mass is 10.1. The quantitative estimate of drug-likeness (QED) is 0.777. The van der Waals surface area contributed by atoms with Crippen molar-refractivity contribution >= 4 is 15.7 Å². The van der Waals surface area contributed by atoms with Crippen LogP contribution < -0.4 is 14.8 Å². The summed E-state index contributed by atoms with van der Waals surface area (Å²) in [6.07, 6.45) is 3.86. The van der Waals surface area contributed by atoms with Gasteiger partial charge in [-0.05, 0) is 37.6 Å². The van der Waals surface area contributed by atoms with Crippen molar-refractivity contribution in [3.63, 3.8) is 0 Å². The van der Waals surface area contributed by atoms with E-state index in [4.69, 9.17) is 9.47 Å². The first-order valence-corrected chi connectivity index (χ1v) is 10.6. The van der Waals surface area contributed by atoms with Gasteiger partial charge in [0.1, 0.15) is 6.61 Å². The molecule has 1 fully saturated rings. The largest absolute Gasteiger partial charge is 0.490 e. The van der Waals surface area contributed by atoms with Gasteiger partial charge in [-0.3, -0.25) is 9.78 Å². The molecule has 1 aromatic carbocycles.